The predicted molar refractivity (Wildman–Crippen MR) is 126 cm³/mol. The van der Waals surface area contributed by atoms with Crippen LogP contribution < -0.4 is 5.32 Å². The van der Waals surface area contributed by atoms with Gasteiger partial charge in [-0.25, -0.2) is 0 Å². The highest BCUT2D eigenvalue weighted by Gasteiger charge is 2.00. The number of rotatable bonds is 19. The van der Waals surface area contributed by atoms with E-state index in [1.807, 2.05) is 6.07 Å². The van der Waals surface area contributed by atoms with Crippen molar-refractivity contribution in [1.29, 1.82) is 0 Å². The van der Waals surface area contributed by atoms with Gasteiger partial charge in [0, 0.05) is 0 Å². The zero-order valence-electron chi connectivity index (χ0n) is 18.8. The molecule has 1 aromatic carbocycles. The van der Waals surface area contributed by atoms with Crippen LogP contribution in [-0.2, 0) is 6.42 Å². The molecule has 0 heterocycles. The number of aromatic hydroxyl groups is 2. The van der Waals surface area contributed by atoms with Gasteiger partial charge in [0.05, 0.1) is 0 Å². The van der Waals surface area contributed by atoms with Crippen molar-refractivity contribution < 1.29 is 10.2 Å². The van der Waals surface area contributed by atoms with E-state index in [-0.39, 0.29) is 11.5 Å². The zero-order chi connectivity index (χ0) is 21.0. The lowest BCUT2D eigenvalue weighted by Crippen LogP contribution is -2.18. The maximum absolute atomic E-state index is 9.48. The summed E-state index contributed by atoms with van der Waals surface area (Å²) in [5.74, 6) is -0.0818. The molecule has 1 rings (SSSR count). The van der Waals surface area contributed by atoms with Crippen LogP contribution in [0.3, 0.4) is 0 Å². The van der Waals surface area contributed by atoms with Gasteiger partial charge in [-0.05, 0) is 69.3 Å². The third kappa shape index (κ3) is 15.1. The Kier molecular flexibility index (Phi) is 16.3. The molecule has 3 N–H and O–H groups in total. The minimum Gasteiger partial charge on any atom is -0.504 e. The molecule has 29 heavy (non-hydrogen) atoms. The van der Waals surface area contributed by atoms with Crippen molar-refractivity contribution in [3.8, 4) is 11.5 Å². The van der Waals surface area contributed by atoms with Gasteiger partial charge in [-0.1, -0.05) is 82.9 Å². The van der Waals surface area contributed by atoms with Gasteiger partial charge in [0.15, 0.2) is 11.5 Å². The first-order valence-electron chi connectivity index (χ1n) is 12.1. The van der Waals surface area contributed by atoms with Gasteiger partial charge in [0.2, 0.25) is 0 Å². The van der Waals surface area contributed by atoms with E-state index in [4.69, 9.17) is 0 Å². The van der Waals surface area contributed by atoms with Crippen LogP contribution in [-0.4, -0.2) is 23.3 Å². The van der Waals surface area contributed by atoms with Crippen LogP contribution in [0.15, 0.2) is 30.4 Å². The zero-order valence-corrected chi connectivity index (χ0v) is 18.8. The van der Waals surface area contributed by atoms with Crippen LogP contribution in [0.2, 0.25) is 0 Å². The lowest BCUT2D eigenvalue weighted by molar-refractivity contribution is 0.403. The van der Waals surface area contributed by atoms with E-state index in [2.05, 4.69) is 24.4 Å². The smallest absolute Gasteiger partial charge is 0.157 e. The Morgan fingerprint density at radius 3 is 1.90 bits per heavy atom. The summed E-state index contributed by atoms with van der Waals surface area (Å²) in [6.07, 6.45) is 24.5. The summed E-state index contributed by atoms with van der Waals surface area (Å²) in [4.78, 5) is 0. The molecule has 0 aliphatic heterocycles. The second-order valence-corrected chi connectivity index (χ2v) is 8.26. The fourth-order valence-electron chi connectivity index (χ4n) is 3.58. The second-order valence-electron chi connectivity index (χ2n) is 8.26. The van der Waals surface area contributed by atoms with Gasteiger partial charge in [0.25, 0.3) is 0 Å². The average Bonchev–Trinajstić information content (AvgIpc) is 2.72. The molecule has 1 aromatic rings. The third-order valence-corrected chi connectivity index (χ3v) is 5.50. The highest BCUT2D eigenvalue weighted by atomic mass is 16.3. The highest BCUT2D eigenvalue weighted by molar-refractivity contribution is 5.40. The fraction of sp³-hybridized carbons (Fsp3) is 0.692. The van der Waals surface area contributed by atoms with Crippen molar-refractivity contribution in [3.05, 3.63) is 35.9 Å². The summed E-state index contributed by atoms with van der Waals surface area (Å²) in [6, 6.07) is 5.05. The lowest BCUT2D eigenvalue weighted by Gasteiger charge is -2.06. The number of allylic oxidation sites excluding steroid dienone is 2. The first-order chi connectivity index (χ1) is 14.2. The molecule has 0 amide bonds. The molecule has 0 radical (unpaired) electrons. The SMILES string of the molecule is CCCCCCCC/C=C\CCCCCCCCNCCc1ccc(O)c(O)c1. The Morgan fingerprint density at radius 1 is 0.690 bits per heavy atom. The summed E-state index contributed by atoms with van der Waals surface area (Å²) < 4.78 is 0. The van der Waals surface area contributed by atoms with E-state index in [0.29, 0.717) is 0 Å². The minimum absolute atomic E-state index is 0.0317. The Bertz CT molecular complexity index is 527. The molecule has 0 unspecified atom stereocenters. The first kappa shape index (κ1) is 25.6. The molecule has 0 aromatic heterocycles. The van der Waals surface area contributed by atoms with Crippen LogP contribution in [0.4, 0.5) is 0 Å². The molecule has 3 nitrogen and oxygen atoms in total. The van der Waals surface area contributed by atoms with Crippen LogP contribution in [0.25, 0.3) is 0 Å². The van der Waals surface area contributed by atoms with Crippen LogP contribution in [0, 0.1) is 0 Å². The molecular weight excluding hydrogens is 358 g/mol. The number of hydrogen-bond acceptors (Lipinski definition) is 3. The van der Waals surface area contributed by atoms with Gasteiger partial charge in [-0.2, -0.15) is 0 Å². The number of benzene rings is 1. The Labute approximate surface area is 179 Å². The lowest BCUT2D eigenvalue weighted by atomic mass is 10.1. The summed E-state index contributed by atoms with van der Waals surface area (Å²) >= 11 is 0. The van der Waals surface area contributed by atoms with Crippen molar-refractivity contribution in [1.82, 2.24) is 5.32 Å². The number of nitrogens with one attached hydrogen (secondary N) is 1. The maximum Gasteiger partial charge on any atom is 0.157 e. The largest absolute Gasteiger partial charge is 0.504 e. The summed E-state index contributed by atoms with van der Waals surface area (Å²) in [5, 5.41) is 22.3. The van der Waals surface area contributed by atoms with Gasteiger partial charge in [-0.15, -0.1) is 0 Å². The number of phenols is 2. The molecule has 0 spiro atoms. The molecule has 0 aliphatic carbocycles. The van der Waals surface area contributed by atoms with Gasteiger partial charge >= 0.3 is 0 Å². The first-order valence-corrected chi connectivity index (χ1v) is 12.1. The Balaban J connectivity index is 1.78. The standard InChI is InChI=1S/C26H45NO2/c1-2-3-4-5-6-7-8-9-10-11-12-13-14-15-16-17-21-27-22-20-24-18-19-25(28)26(29)23-24/h9-10,18-19,23,27-29H,2-8,11-17,20-22H2,1H3/b10-9-. The molecule has 0 atom stereocenters. The molecule has 166 valence electrons. The van der Waals surface area contributed by atoms with Crippen molar-refractivity contribution in [2.75, 3.05) is 13.1 Å². The van der Waals surface area contributed by atoms with Crippen LogP contribution in [0.1, 0.15) is 102 Å². The van der Waals surface area contributed by atoms with Crippen molar-refractivity contribution >= 4 is 0 Å². The molecule has 3 heteroatoms. The van der Waals surface area contributed by atoms with Crippen molar-refractivity contribution in [2.45, 2.75) is 103 Å². The summed E-state index contributed by atoms with van der Waals surface area (Å²) in [7, 11) is 0. The maximum atomic E-state index is 9.48. The normalized spacial score (nSPS) is 11.5. The summed E-state index contributed by atoms with van der Waals surface area (Å²) in [6.45, 7) is 4.25. The highest BCUT2D eigenvalue weighted by Crippen LogP contribution is 2.24. The molecular formula is C26H45NO2. The fourth-order valence-corrected chi connectivity index (χ4v) is 3.58. The van der Waals surface area contributed by atoms with E-state index in [9.17, 15) is 10.2 Å². The second kappa shape index (κ2) is 18.5. The minimum atomic E-state index is -0.0501. The van der Waals surface area contributed by atoms with E-state index >= 15 is 0 Å². The topological polar surface area (TPSA) is 52.5 Å². The van der Waals surface area contributed by atoms with E-state index in [0.717, 1.165) is 25.1 Å². The molecule has 0 fully saturated rings. The quantitative estimate of drug-likeness (QED) is 0.129. The summed E-state index contributed by atoms with van der Waals surface area (Å²) in [5.41, 5.74) is 1.05. The van der Waals surface area contributed by atoms with Crippen molar-refractivity contribution in [2.24, 2.45) is 0 Å². The Morgan fingerprint density at radius 2 is 1.28 bits per heavy atom. The molecule has 0 aliphatic rings. The van der Waals surface area contributed by atoms with E-state index < -0.39 is 0 Å². The van der Waals surface area contributed by atoms with Crippen LogP contribution in [0.5, 0.6) is 11.5 Å². The van der Waals surface area contributed by atoms with Gasteiger partial charge < -0.3 is 15.5 Å². The predicted octanol–water partition coefficient (Wildman–Crippen LogP) is 7.27. The average molecular weight is 404 g/mol. The molecule has 0 saturated carbocycles. The van der Waals surface area contributed by atoms with Crippen LogP contribution >= 0.6 is 0 Å². The molecule has 0 saturated heterocycles. The van der Waals surface area contributed by atoms with Gasteiger partial charge in [-0.3, -0.25) is 0 Å². The number of hydrogen-bond donors (Lipinski definition) is 3. The van der Waals surface area contributed by atoms with Crippen molar-refractivity contribution in [3.63, 3.8) is 0 Å². The van der Waals surface area contributed by atoms with E-state index in [1.54, 1.807) is 12.1 Å². The number of unbranched alkanes of at least 4 members (excludes halogenated alkanes) is 12. The van der Waals surface area contributed by atoms with E-state index in [1.165, 1.54) is 89.9 Å². The Hall–Kier alpha value is -1.48. The molecule has 0 bridgehead atoms. The third-order valence-electron chi connectivity index (χ3n) is 5.50. The number of phenolic OH excluding ortho intramolecular Hbond substituents is 2. The van der Waals surface area contributed by atoms with Gasteiger partial charge in [0.1, 0.15) is 0 Å². The monoisotopic (exact) mass is 403 g/mol.